The molecule has 0 saturated heterocycles. The predicted octanol–water partition coefficient (Wildman–Crippen LogP) is 2.87. The van der Waals surface area contributed by atoms with Crippen LogP contribution in [0, 0.1) is 10.1 Å². The van der Waals surface area contributed by atoms with E-state index in [1.807, 2.05) is 0 Å². The molecule has 0 spiro atoms. The van der Waals surface area contributed by atoms with Crippen LogP contribution in [0.15, 0.2) is 40.8 Å². The van der Waals surface area contributed by atoms with E-state index in [2.05, 4.69) is 0 Å². The molecule has 0 bridgehead atoms. The van der Waals surface area contributed by atoms with Crippen molar-refractivity contribution in [1.82, 2.24) is 0 Å². The number of nitro groups is 1. The van der Waals surface area contributed by atoms with E-state index < -0.39 is 4.92 Å². The Labute approximate surface area is 98.0 Å². The summed E-state index contributed by atoms with van der Waals surface area (Å²) in [4.78, 5) is 10.4. The van der Waals surface area contributed by atoms with Crippen LogP contribution >= 0.6 is 0 Å². The van der Waals surface area contributed by atoms with E-state index in [0.29, 0.717) is 17.1 Å². The van der Waals surface area contributed by atoms with E-state index in [1.54, 1.807) is 37.3 Å². The Morgan fingerprint density at radius 2 is 2.00 bits per heavy atom. The first-order chi connectivity index (χ1) is 8.09. The third kappa shape index (κ3) is 2.19. The molecule has 0 unspecified atom stereocenters. The molecule has 5 heteroatoms. The average molecular weight is 232 g/mol. The molecule has 88 valence electrons. The maximum absolute atomic E-state index is 10.9. The Morgan fingerprint density at radius 3 is 2.59 bits per heavy atom. The third-order valence-corrected chi connectivity index (χ3v) is 2.44. The lowest BCUT2D eigenvalue weighted by atomic mass is 10.1. The van der Waals surface area contributed by atoms with E-state index in [9.17, 15) is 10.1 Å². The predicted molar refractivity (Wildman–Crippen MR) is 63.4 cm³/mol. The highest BCUT2D eigenvalue weighted by Gasteiger charge is 2.17. The highest BCUT2D eigenvalue weighted by atomic mass is 16.6. The Balaban J connectivity index is 2.49. The topological polar surface area (TPSA) is 82.3 Å². The van der Waals surface area contributed by atoms with Crippen molar-refractivity contribution >= 4 is 5.69 Å². The van der Waals surface area contributed by atoms with Gasteiger partial charge in [0.05, 0.1) is 16.5 Å². The number of nitrogens with zero attached hydrogens (tertiary/aromatic N) is 1. The summed E-state index contributed by atoms with van der Waals surface area (Å²) >= 11 is 0. The number of nitrogens with two attached hydrogens (primary N) is 1. The van der Waals surface area contributed by atoms with Crippen LogP contribution < -0.4 is 5.73 Å². The largest absolute Gasteiger partial charge is 0.459 e. The lowest BCUT2D eigenvalue weighted by Gasteiger charge is -2.01. The molecule has 0 aliphatic carbocycles. The minimum Gasteiger partial charge on any atom is -0.459 e. The van der Waals surface area contributed by atoms with Crippen LogP contribution in [0.2, 0.25) is 0 Å². The minimum absolute atomic E-state index is 0.0260. The zero-order valence-corrected chi connectivity index (χ0v) is 9.29. The molecule has 2 N–H and O–H groups in total. The van der Waals surface area contributed by atoms with Gasteiger partial charge in [-0.15, -0.1) is 0 Å². The Hall–Kier alpha value is -2.14. The van der Waals surface area contributed by atoms with Crippen LogP contribution in [0.1, 0.15) is 18.7 Å². The Bertz CT molecular complexity index is 546. The monoisotopic (exact) mass is 232 g/mol. The molecule has 2 aromatic rings. The van der Waals surface area contributed by atoms with Gasteiger partial charge in [-0.1, -0.05) is 12.1 Å². The molecule has 0 aliphatic rings. The first-order valence-corrected chi connectivity index (χ1v) is 5.18. The molecule has 0 radical (unpaired) electrons. The molecule has 1 aromatic heterocycles. The van der Waals surface area contributed by atoms with Crippen LogP contribution in [0.3, 0.4) is 0 Å². The summed E-state index contributed by atoms with van der Waals surface area (Å²) in [7, 11) is 0. The molecular formula is C12H12N2O3. The van der Waals surface area contributed by atoms with E-state index in [1.165, 1.54) is 6.07 Å². The van der Waals surface area contributed by atoms with Gasteiger partial charge >= 0.3 is 0 Å². The van der Waals surface area contributed by atoms with Crippen LogP contribution in [0.4, 0.5) is 5.69 Å². The van der Waals surface area contributed by atoms with Crippen molar-refractivity contribution in [3.8, 4) is 11.3 Å². The first-order valence-electron chi connectivity index (χ1n) is 5.18. The number of hydrogen-bond donors (Lipinski definition) is 1. The Morgan fingerprint density at radius 1 is 1.29 bits per heavy atom. The van der Waals surface area contributed by atoms with Gasteiger partial charge in [0.2, 0.25) is 0 Å². The van der Waals surface area contributed by atoms with E-state index in [0.717, 1.165) is 0 Å². The van der Waals surface area contributed by atoms with Gasteiger partial charge in [-0.05, 0) is 25.1 Å². The summed E-state index contributed by atoms with van der Waals surface area (Å²) in [5.74, 6) is 1.07. The molecule has 2 rings (SSSR count). The van der Waals surface area contributed by atoms with E-state index in [4.69, 9.17) is 10.2 Å². The van der Waals surface area contributed by atoms with Crippen molar-refractivity contribution < 1.29 is 9.34 Å². The molecule has 1 atom stereocenters. The fraction of sp³-hybridized carbons (Fsp3) is 0.167. The first kappa shape index (κ1) is 11.3. The minimum atomic E-state index is -0.427. The van der Waals surface area contributed by atoms with Gasteiger partial charge in [-0.25, -0.2) is 0 Å². The van der Waals surface area contributed by atoms with Gasteiger partial charge in [0, 0.05) is 6.07 Å². The number of benzene rings is 1. The van der Waals surface area contributed by atoms with Crippen molar-refractivity contribution in [3.05, 3.63) is 52.3 Å². The van der Waals surface area contributed by atoms with Gasteiger partial charge in [-0.2, -0.15) is 0 Å². The summed E-state index contributed by atoms with van der Waals surface area (Å²) < 4.78 is 5.49. The quantitative estimate of drug-likeness (QED) is 0.651. The standard InChI is InChI=1S/C12H12N2O3/c1-8(13)11-6-7-12(17-11)9-4-2-3-5-10(9)14(15)16/h2-8H,13H2,1H3/t8-/m1/s1. The lowest BCUT2D eigenvalue weighted by Crippen LogP contribution is -2.02. The number of furan rings is 1. The van der Waals surface area contributed by atoms with Crippen LogP contribution in [-0.2, 0) is 0 Å². The smallest absolute Gasteiger partial charge is 0.280 e. The zero-order valence-electron chi connectivity index (χ0n) is 9.29. The fourth-order valence-corrected chi connectivity index (χ4v) is 1.58. The highest BCUT2D eigenvalue weighted by molar-refractivity contribution is 5.69. The second-order valence-corrected chi connectivity index (χ2v) is 3.76. The van der Waals surface area contributed by atoms with Gasteiger partial charge in [0.1, 0.15) is 11.5 Å². The zero-order chi connectivity index (χ0) is 12.4. The molecule has 5 nitrogen and oxygen atoms in total. The van der Waals surface area contributed by atoms with Crippen molar-refractivity contribution in [1.29, 1.82) is 0 Å². The highest BCUT2D eigenvalue weighted by Crippen LogP contribution is 2.31. The van der Waals surface area contributed by atoms with E-state index in [-0.39, 0.29) is 11.7 Å². The van der Waals surface area contributed by atoms with Crippen molar-refractivity contribution in [3.63, 3.8) is 0 Å². The number of hydrogen-bond acceptors (Lipinski definition) is 4. The molecule has 0 amide bonds. The second kappa shape index (κ2) is 4.39. The van der Waals surface area contributed by atoms with Gasteiger partial charge in [-0.3, -0.25) is 10.1 Å². The number of para-hydroxylation sites is 1. The molecule has 0 saturated carbocycles. The molecule has 0 aliphatic heterocycles. The SMILES string of the molecule is C[C@@H](N)c1ccc(-c2ccccc2[N+](=O)[O-])o1. The van der Waals surface area contributed by atoms with Crippen molar-refractivity contribution in [2.75, 3.05) is 0 Å². The van der Waals surface area contributed by atoms with Crippen LogP contribution in [0.25, 0.3) is 11.3 Å². The molecular weight excluding hydrogens is 220 g/mol. The fourth-order valence-electron chi connectivity index (χ4n) is 1.58. The van der Waals surface area contributed by atoms with Crippen LogP contribution in [-0.4, -0.2) is 4.92 Å². The summed E-state index contributed by atoms with van der Waals surface area (Å²) in [5, 5.41) is 10.9. The average Bonchev–Trinajstić information content (AvgIpc) is 2.78. The summed E-state index contributed by atoms with van der Waals surface area (Å²) in [6.07, 6.45) is 0. The van der Waals surface area contributed by atoms with E-state index >= 15 is 0 Å². The Kier molecular flexibility index (Phi) is 2.93. The summed E-state index contributed by atoms with van der Waals surface area (Å²) in [5.41, 5.74) is 6.16. The molecule has 1 heterocycles. The van der Waals surface area contributed by atoms with Crippen LogP contribution in [0.5, 0.6) is 0 Å². The van der Waals surface area contributed by atoms with Crippen molar-refractivity contribution in [2.24, 2.45) is 5.73 Å². The van der Waals surface area contributed by atoms with Gasteiger partial charge in [0.25, 0.3) is 5.69 Å². The third-order valence-electron chi connectivity index (χ3n) is 2.44. The van der Waals surface area contributed by atoms with Gasteiger partial charge < -0.3 is 10.2 Å². The maximum atomic E-state index is 10.9. The molecule has 17 heavy (non-hydrogen) atoms. The van der Waals surface area contributed by atoms with Crippen molar-refractivity contribution in [2.45, 2.75) is 13.0 Å². The van der Waals surface area contributed by atoms with Gasteiger partial charge in [0.15, 0.2) is 0 Å². The lowest BCUT2D eigenvalue weighted by molar-refractivity contribution is -0.384. The molecule has 1 aromatic carbocycles. The normalized spacial score (nSPS) is 12.4. The maximum Gasteiger partial charge on any atom is 0.280 e. The second-order valence-electron chi connectivity index (χ2n) is 3.76. The number of nitro benzene ring substituents is 1. The summed E-state index contributed by atoms with van der Waals surface area (Å²) in [6.45, 7) is 1.79. The molecule has 0 fully saturated rings. The number of rotatable bonds is 3. The summed E-state index contributed by atoms with van der Waals surface area (Å²) in [6, 6.07) is 9.66.